The molecule has 2 rings (SSSR count). The monoisotopic (exact) mass is 404 g/mol. The molecule has 7 heteroatoms. The Labute approximate surface area is 168 Å². The molecule has 0 unspecified atom stereocenters. The smallest absolute Gasteiger partial charge is 0.331 e. The molecule has 0 aliphatic heterocycles. The third-order valence-electron chi connectivity index (χ3n) is 3.89. The summed E-state index contributed by atoms with van der Waals surface area (Å²) in [5.74, 6) is 0.406. The maximum absolute atomic E-state index is 12.3. The molecular weight excluding hydrogens is 384 g/mol. The van der Waals surface area contributed by atoms with E-state index in [9.17, 15) is 9.59 Å². The van der Waals surface area contributed by atoms with Gasteiger partial charge in [-0.05, 0) is 55.0 Å². The van der Waals surface area contributed by atoms with Crippen molar-refractivity contribution >= 4 is 29.4 Å². The molecule has 0 fully saturated rings. The van der Waals surface area contributed by atoms with Crippen LogP contribution in [-0.2, 0) is 9.53 Å². The lowest BCUT2D eigenvalue weighted by molar-refractivity contribution is -0.140. The number of ketones is 1. The number of benzene rings is 2. The van der Waals surface area contributed by atoms with Gasteiger partial charge in [0.25, 0.3) is 0 Å². The van der Waals surface area contributed by atoms with Crippen molar-refractivity contribution in [1.29, 1.82) is 0 Å². The van der Waals surface area contributed by atoms with Crippen molar-refractivity contribution in [2.45, 2.75) is 13.0 Å². The minimum absolute atomic E-state index is 0.314. The van der Waals surface area contributed by atoms with E-state index in [1.165, 1.54) is 40.4 Å². The summed E-state index contributed by atoms with van der Waals surface area (Å²) in [6.45, 7) is 1.52. The van der Waals surface area contributed by atoms with Crippen LogP contribution in [0.15, 0.2) is 42.5 Å². The van der Waals surface area contributed by atoms with E-state index in [-0.39, 0.29) is 5.78 Å². The Kier molecular flexibility index (Phi) is 7.46. The normalized spacial score (nSPS) is 11.8. The lowest BCUT2D eigenvalue weighted by atomic mass is 10.1. The lowest BCUT2D eigenvalue weighted by Gasteiger charge is -2.13. The second kappa shape index (κ2) is 9.80. The van der Waals surface area contributed by atoms with Crippen molar-refractivity contribution < 1.29 is 28.5 Å². The van der Waals surface area contributed by atoms with Gasteiger partial charge in [0, 0.05) is 16.7 Å². The van der Waals surface area contributed by atoms with Gasteiger partial charge in [-0.2, -0.15) is 0 Å². The fourth-order valence-corrected chi connectivity index (χ4v) is 2.60. The van der Waals surface area contributed by atoms with Crippen molar-refractivity contribution in [2.75, 3.05) is 21.3 Å². The highest BCUT2D eigenvalue weighted by molar-refractivity contribution is 6.30. The lowest BCUT2D eigenvalue weighted by Crippen LogP contribution is -2.23. The van der Waals surface area contributed by atoms with E-state index in [1.807, 2.05) is 0 Å². The van der Waals surface area contributed by atoms with Gasteiger partial charge >= 0.3 is 5.97 Å². The molecule has 0 spiro atoms. The molecule has 0 aromatic heterocycles. The molecule has 0 heterocycles. The first kappa shape index (κ1) is 21.3. The molecule has 0 N–H and O–H groups in total. The zero-order valence-electron chi connectivity index (χ0n) is 16.0. The number of carbonyl (C=O) groups excluding carboxylic acids is 2. The second-order valence-electron chi connectivity index (χ2n) is 5.74. The first-order valence-electron chi connectivity index (χ1n) is 8.38. The SMILES string of the molecule is COc1cc(/C=C/C(=O)O[C@H](C)C(=O)c2ccc(Cl)cc2)cc(OC)c1OC. The van der Waals surface area contributed by atoms with Crippen LogP contribution < -0.4 is 14.2 Å². The third kappa shape index (κ3) is 5.27. The number of carbonyl (C=O) groups is 2. The molecule has 6 nitrogen and oxygen atoms in total. The summed E-state index contributed by atoms with van der Waals surface area (Å²) in [5, 5.41) is 0.523. The van der Waals surface area contributed by atoms with Gasteiger partial charge < -0.3 is 18.9 Å². The number of ether oxygens (including phenoxy) is 4. The molecule has 0 radical (unpaired) electrons. The van der Waals surface area contributed by atoms with Gasteiger partial charge in [0.05, 0.1) is 21.3 Å². The number of hydrogen-bond donors (Lipinski definition) is 0. The summed E-state index contributed by atoms with van der Waals surface area (Å²) >= 11 is 5.81. The molecule has 0 saturated heterocycles. The summed E-state index contributed by atoms with van der Waals surface area (Å²) in [5.41, 5.74) is 1.06. The molecule has 0 aliphatic carbocycles. The molecule has 2 aromatic rings. The zero-order valence-corrected chi connectivity index (χ0v) is 16.8. The molecule has 0 amide bonds. The van der Waals surface area contributed by atoms with Crippen molar-refractivity contribution in [1.82, 2.24) is 0 Å². The van der Waals surface area contributed by atoms with E-state index in [2.05, 4.69) is 0 Å². The molecule has 28 heavy (non-hydrogen) atoms. The highest BCUT2D eigenvalue weighted by atomic mass is 35.5. The van der Waals surface area contributed by atoms with Gasteiger partial charge in [0.2, 0.25) is 11.5 Å². The van der Waals surface area contributed by atoms with Gasteiger partial charge in [-0.3, -0.25) is 4.79 Å². The van der Waals surface area contributed by atoms with Crippen molar-refractivity contribution in [3.63, 3.8) is 0 Å². The van der Waals surface area contributed by atoms with E-state index in [4.69, 9.17) is 30.5 Å². The highest BCUT2D eigenvalue weighted by Crippen LogP contribution is 2.38. The topological polar surface area (TPSA) is 71.1 Å². The van der Waals surface area contributed by atoms with E-state index in [0.717, 1.165) is 0 Å². The predicted octanol–water partition coefficient (Wildman–Crippen LogP) is 4.19. The average Bonchev–Trinajstić information content (AvgIpc) is 2.71. The molecule has 0 aliphatic rings. The molecule has 0 bridgehead atoms. The van der Waals surface area contributed by atoms with E-state index in [1.54, 1.807) is 36.4 Å². The van der Waals surface area contributed by atoms with Crippen LogP contribution in [-0.4, -0.2) is 39.2 Å². The summed E-state index contributed by atoms with van der Waals surface area (Å²) in [4.78, 5) is 24.4. The fourth-order valence-electron chi connectivity index (χ4n) is 2.48. The standard InChI is InChI=1S/C21H21ClO6/c1-13(20(24)15-6-8-16(22)9-7-15)28-19(23)10-5-14-11-17(25-2)21(27-4)18(12-14)26-3/h5-13H,1-4H3/b10-5+/t13-/m1/s1. The number of rotatable bonds is 8. The summed E-state index contributed by atoms with van der Waals surface area (Å²) in [6, 6.07) is 9.75. The van der Waals surface area contributed by atoms with Crippen molar-refractivity contribution in [3.8, 4) is 17.2 Å². The number of Topliss-reactive ketones (excluding diaryl/α,β-unsaturated/α-hetero) is 1. The van der Waals surface area contributed by atoms with Crippen LogP contribution in [0.3, 0.4) is 0 Å². The molecule has 0 saturated carbocycles. The minimum atomic E-state index is -0.932. The van der Waals surface area contributed by atoms with Gasteiger partial charge in [-0.25, -0.2) is 4.79 Å². The van der Waals surface area contributed by atoms with Crippen LogP contribution >= 0.6 is 11.6 Å². The van der Waals surface area contributed by atoms with E-state index in [0.29, 0.717) is 33.4 Å². The van der Waals surface area contributed by atoms with Gasteiger partial charge in [0.15, 0.2) is 17.6 Å². The molecule has 148 valence electrons. The van der Waals surface area contributed by atoms with Gasteiger partial charge in [0.1, 0.15) is 0 Å². The first-order valence-corrected chi connectivity index (χ1v) is 8.75. The van der Waals surface area contributed by atoms with Crippen LogP contribution in [0, 0.1) is 0 Å². The Morgan fingerprint density at radius 2 is 1.54 bits per heavy atom. The quantitative estimate of drug-likeness (QED) is 0.373. The van der Waals surface area contributed by atoms with E-state index < -0.39 is 12.1 Å². The van der Waals surface area contributed by atoms with E-state index >= 15 is 0 Å². The first-order chi connectivity index (χ1) is 13.4. The Morgan fingerprint density at radius 3 is 2.04 bits per heavy atom. The van der Waals surface area contributed by atoms with Crippen LogP contribution in [0.2, 0.25) is 5.02 Å². The summed E-state index contributed by atoms with van der Waals surface area (Å²) in [7, 11) is 4.51. The van der Waals surface area contributed by atoms with Crippen molar-refractivity contribution in [2.24, 2.45) is 0 Å². The Bertz CT molecular complexity index is 848. The highest BCUT2D eigenvalue weighted by Gasteiger charge is 2.18. The summed E-state index contributed by atoms with van der Waals surface area (Å²) in [6.07, 6.45) is 1.83. The Morgan fingerprint density at radius 1 is 0.964 bits per heavy atom. The Balaban J connectivity index is 2.08. The maximum atomic E-state index is 12.3. The minimum Gasteiger partial charge on any atom is -0.493 e. The maximum Gasteiger partial charge on any atom is 0.331 e. The van der Waals surface area contributed by atoms with Gasteiger partial charge in [-0.15, -0.1) is 0 Å². The van der Waals surface area contributed by atoms with Crippen LogP contribution in [0.1, 0.15) is 22.8 Å². The molecule has 2 aromatic carbocycles. The Hall–Kier alpha value is -2.99. The van der Waals surface area contributed by atoms with Gasteiger partial charge in [-0.1, -0.05) is 11.6 Å². The number of halogens is 1. The number of hydrogen-bond acceptors (Lipinski definition) is 6. The largest absolute Gasteiger partial charge is 0.493 e. The van der Waals surface area contributed by atoms with Crippen LogP contribution in [0.4, 0.5) is 0 Å². The number of methoxy groups -OCH3 is 3. The fraction of sp³-hybridized carbons (Fsp3) is 0.238. The number of esters is 1. The molecule has 1 atom stereocenters. The zero-order chi connectivity index (χ0) is 20.7. The summed E-state index contributed by atoms with van der Waals surface area (Å²) < 4.78 is 21.0. The second-order valence-corrected chi connectivity index (χ2v) is 6.18. The van der Waals surface area contributed by atoms with Crippen molar-refractivity contribution in [3.05, 3.63) is 58.6 Å². The predicted molar refractivity (Wildman–Crippen MR) is 106 cm³/mol. The van der Waals surface area contributed by atoms with Crippen LogP contribution in [0.25, 0.3) is 6.08 Å². The molecular formula is C21H21ClO6. The third-order valence-corrected chi connectivity index (χ3v) is 4.14. The van der Waals surface area contributed by atoms with Crippen LogP contribution in [0.5, 0.6) is 17.2 Å². The average molecular weight is 405 g/mol.